The Labute approximate surface area is 84.6 Å². The number of rotatable bonds is 1. The molecule has 2 heterocycles. The minimum absolute atomic E-state index is 0.952. The van der Waals surface area contributed by atoms with Crippen LogP contribution in [0.2, 0.25) is 0 Å². The number of hydrogen-bond acceptors (Lipinski definition) is 2. The highest BCUT2D eigenvalue weighted by Gasteiger charge is 2.10. The van der Waals surface area contributed by atoms with E-state index in [9.17, 15) is 0 Å². The van der Waals surface area contributed by atoms with Crippen LogP contribution >= 0.6 is 0 Å². The molecule has 0 amide bonds. The Morgan fingerprint density at radius 1 is 1.36 bits per heavy atom. The van der Waals surface area contributed by atoms with E-state index in [0.29, 0.717) is 0 Å². The van der Waals surface area contributed by atoms with Crippen LogP contribution in [0.15, 0.2) is 42.4 Å². The predicted octanol–water partition coefficient (Wildman–Crippen LogP) is 2.67. The summed E-state index contributed by atoms with van der Waals surface area (Å²) in [4.78, 5) is 6.39. The predicted molar refractivity (Wildman–Crippen MR) is 59.2 cm³/mol. The van der Waals surface area contributed by atoms with Crippen LogP contribution in [0, 0.1) is 6.92 Å². The largest absolute Gasteiger partial charge is 0.341 e. The van der Waals surface area contributed by atoms with Crippen LogP contribution in [0.25, 0.3) is 0 Å². The summed E-state index contributed by atoms with van der Waals surface area (Å²) in [5.41, 5.74) is 3.75. The third-order valence-corrected chi connectivity index (χ3v) is 2.47. The van der Waals surface area contributed by atoms with Crippen molar-refractivity contribution in [3.05, 3.63) is 47.9 Å². The Morgan fingerprint density at radius 2 is 2.21 bits per heavy atom. The fourth-order valence-electron chi connectivity index (χ4n) is 1.66. The van der Waals surface area contributed by atoms with Gasteiger partial charge in [-0.05, 0) is 31.6 Å². The zero-order chi connectivity index (χ0) is 9.97. The fraction of sp³-hybridized carbons (Fsp3) is 0.250. The van der Waals surface area contributed by atoms with Crippen molar-refractivity contribution in [3.63, 3.8) is 0 Å². The van der Waals surface area contributed by atoms with Gasteiger partial charge in [-0.3, -0.25) is 4.98 Å². The molecule has 1 aromatic rings. The molecule has 2 nitrogen and oxygen atoms in total. The number of anilines is 1. The standard InChI is InChI=1S/C12H14N2/c1-10-9-13-7-6-12(10)14-8-4-3-5-11(14)2/h3-7,9H,8H2,1-2H3. The monoisotopic (exact) mass is 186 g/mol. The first-order valence-corrected chi connectivity index (χ1v) is 4.80. The summed E-state index contributed by atoms with van der Waals surface area (Å²) in [7, 11) is 0. The summed E-state index contributed by atoms with van der Waals surface area (Å²) in [6, 6.07) is 2.06. The molecule has 0 atom stereocenters. The van der Waals surface area contributed by atoms with Crippen LogP contribution < -0.4 is 4.90 Å². The van der Waals surface area contributed by atoms with Gasteiger partial charge in [-0.25, -0.2) is 0 Å². The second-order valence-electron chi connectivity index (χ2n) is 3.51. The second kappa shape index (κ2) is 3.66. The van der Waals surface area contributed by atoms with Crippen LogP contribution in [0.5, 0.6) is 0 Å². The summed E-state index contributed by atoms with van der Waals surface area (Å²) in [5.74, 6) is 0. The zero-order valence-corrected chi connectivity index (χ0v) is 8.57. The summed E-state index contributed by atoms with van der Waals surface area (Å²) in [6.07, 6.45) is 10.1. The Kier molecular flexibility index (Phi) is 2.35. The highest BCUT2D eigenvalue weighted by Crippen LogP contribution is 2.23. The maximum absolute atomic E-state index is 4.10. The van der Waals surface area contributed by atoms with Gasteiger partial charge in [0, 0.05) is 30.3 Å². The van der Waals surface area contributed by atoms with Crippen LogP contribution in [-0.2, 0) is 0 Å². The molecule has 2 heteroatoms. The van der Waals surface area contributed by atoms with Gasteiger partial charge in [-0.2, -0.15) is 0 Å². The van der Waals surface area contributed by atoms with Gasteiger partial charge in [0.2, 0.25) is 0 Å². The highest BCUT2D eigenvalue weighted by molar-refractivity contribution is 5.57. The second-order valence-corrected chi connectivity index (χ2v) is 3.51. The summed E-state index contributed by atoms with van der Waals surface area (Å²) >= 11 is 0. The molecule has 0 fully saturated rings. The van der Waals surface area contributed by atoms with Gasteiger partial charge in [-0.15, -0.1) is 0 Å². The lowest BCUT2D eigenvalue weighted by Gasteiger charge is -2.27. The Morgan fingerprint density at radius 3 is 2.93 bits per heavy atom. The van der Waals surface area contributed by atoms with Crippen molar-refractivity contribution in [2.45, 2.75) is 13.8 Å². The van der Waals surface area contributed by atoms with Gasteiger partial charge in [0.15, 0.2) is 0 Å². The topological polar surface area (TPSA) is 16.1 Å². The molecule has 1 aliphatic heterocycles. The van der Waals surface area contributed by atoms with Crippen LogP contribution in [0.3, 0.4) is 0 Å². The van der Waals surface area contributed by atoms with E-state index < -0.39 is 0 Å². The smallest absolute Gasteiger partial charge is 0.0471 e. The normalized spacial score (nSPS) is 15.6. The summed E-state index contributed by atoms with van der Waals surface area (Å²) < 4.78 is 0. The number of aryl methyl sites for hydroxylation is 1. The van der Waals surface area contributed by atoms with Crippen molar-refractivity contribution in [1.29, 1.82) is 0 Å². The Bertz CT molecular complexity index is 391. The quantitative estimate of drug-likeness (QED) is 0.670. The number of allylic oxidation sites excluding steroid dienone is 3. The number of hydrogen-bond donors (Lipinski definition) is 0. The Balaban J connectivity index is 2.37. The number of aromatic nitrogens is 1. The lowest BCUT2D eigenvalue weighted by atomic mass is 10.2. The molecule has 14 heavy (non-hydrogen) atoms. The molecule has 0 saturated carbocycles. The molecule has 0 spiro atoms. The van der Waals surface area contributed by atoms with E-state index in [1.165, 1.54) is 16.9 Å². The molecule has 0 radical (unpaired) electrons. The SMILES string of the molecule is CC1=CC=CCN1c1ccncc1C. The molecule has 2 rings (SSSR count). The Hall–Kier alpha value is -1.57. The van der Waals surface area contributed by atoms with Gasteiger partial charge in [0.05, 0.1) is 0 Å². The van der Waals surface area contributed by atoms with Gasteiger partial charge >= 0.3 is 0 Å². The molecular formula is C12H14N2. The minimum atomic E-state index is 0.952. The molecule has 0 saturated heterocycles. The summed E-state index contributed by atoms with van der Waals surface area (Å²) in [6.45, 7) is 5.17. The lowest BCUT2D eigenvalue weighted by Crippen LogP contribution is -2.23. The molecule has 1 aromatic heterocycles. The first-order chi connectivity index (χ1) is 6.79. The average molecular weight is 186 g/mol. The molecule has 72 valence electrons. The van der Waals surface area contributed by atoms with E-state index in [1.54, 1.807) is 0 Å². The number of pyridine rings is 1. The van der Waals surface area contributed by atoms with Crippen molar-refractivity contribution >= 4 is 5.69 Å². The molecule has 0 N–H and O–H groups in total. The van der Waals surface area contributed by atoms with Gasteiger partial charge < -0.3 is 4.90 Å². The highest BCUT2D eigenvalue weighted by atomic mass is 15.1. The first kappa shape index (κ1) is 9.00. The zero-order valence-electron chi connectivity index (χ0n) is 8.57. The van der Waals surface area contributed by atoms with E-state index in [0.717, 1.165) is 6.54 Å². The molecule has 0 aromatic carbocycles. The molecule has 0 unspecified atom stereocenters. The van der Waals surface area contributed by atoms with E-state index in [1.807, 2.05) is 12.4 Å². The molecule has 0 aliphatic carbocycles. The van der Waals surface area contributed by atoms with Crippen molar-refractivity contribution in [2.75, 3.05) is 11.4 Å². The van der Waals surface area contributed by atoms with Crippen LogP contribution in [-0.4, -0.2) is 11.5 Å². The van der Waals surface area contributed by atoms with E-state index in [2.05, 4.69) is 48.0 Å². The molecular weight excluding hydrogens is 172 g/mol. The summed E-state index contributed by atoms with van der Waals surface area (Å²) in [5, 5.41) is 0. The van der Waals surface area contributed by atoms with E-state index in [4.69, 9.17) is 0 Å². The third-order valence-electron chi connectivity index (χ3n) is 2.47. The maximum atomic E-state index is 4.10. The lowest BCUT2D eigenvalue weighted by molar-refractivity contribution is 0.980. The van der Waals surface area contributed by atoms with Gasteiger partial charge in [0.1, 0.15) is 0 Å². The van der Waals surface area contributed by atoms with Gasteiger partial charge in [-0.1, -0.05) is 12.2 Å². The third kappa shape index (κ3) is 1.55. The van der Waals surface area contributed by atoms with Gasteiger partial charge in [0.25, 0.3) is 0 Å². The minimum Gasteiger partial charge on any atom is -0.341 e. The number of nitrogens with zero attached hydrogens (tertiary/aromatic N) is 2. The van der Waals surface area contributed by atoms with Crippen molar-refractivity contribution < 1.29 is 0 Å². The van der Waals surface area contributed by atoms with E-state index >= 15 is 0 Å². The average Bonchev–Trinajstić information content (AvgIpc) is 2.20. The fourth-order valence-corrected chi connectivity index (χ4v) is 1.66. The van der Waals surface area contributed by atoms with Crippen molar-refractivity contribution in [1.82, 2.24) is 4.98 Å². The van der Waals surface area contributed by atoms with Crippen LogP contribution in [0.4, 0.5) is 5.69 Å². The van der Waals surface area contributed by atoms with Crippen molar-refractivity contribution in [2.24, 2.45) is 0 Å². The van der Waals surface area contributed by atoms with Crippen molar-refractivity contribution in [3.8, 4) is 0 Å². The molecule has 0 bridgehead atoms. The van der Waals surface area contributed by atoms with Crippen LogP contribution in [0.1, 0.15) is 12.5 Å². The van der Waals surface area contributed by atoms with E-state index in [-0.39, 0.29) is 0 Å². The first-order valence-electron chi connectivity index (χ1n) is 4.80. The molecule has 1 aliphatic rings. The maximum Gasteiger partial charge on any atom is 0.0471 e.